The van der Waals surface area contributed by atoms with Crippen LogP contribution in [0.4, 0.5) is 5.69 Å². The molecule has 0 atom stereocenters. The molecule has 2 aromatic rings. The average molecular weight is 414 g/mol. The van der Waals surface area contributed by atoms with Gasteiger partial charge >= 0.3 is 0 Å². The summed E-state index contributed by atoms with van der Waals surface area (Å²) in [4.78, 5) is 11.9. The van der Waals surface area contributed by atoms with Crippen molar-refractivity contribution in [3.8, 4) is 5.75 Å². The predicted molar refractivity (Wildman–Crippen MR) is 90.3 cm³/mol. The minimum Gasteiger partial charge on any atom is -0.483 e. The van der Waals surface area contributed by atoms with Gasteiger partial charge in [-0.05, 0) is 46.3 Å². The van der Waals surface area contributed by atoms with Crippen molar-refractivity contribution in [3.63, 3.8) is 0 Å². The summed E-state index contributed by atoms with van der Waals surface area (Å²) >= 11 is 6.75. The van der Waals surface area contributed by atoms with Crippen LogP contribution in [-0.2, 0) is 11.3 Å². The van der Waals surface area contributed by atoms with E-state index in [1.807, 2.05) is 36.4 Å². The van der Waals surface area contributed by atoms with Crippen LogP contribution in [0.2, 0.25) is 0 Å². The van der Waals surface area contributed by atoms with Crippen LogP contribution in [0.3, 0.4) is 0 Å². The standard InChI is InChI=1S/C15H14Br2N2O2/c16-11-5-6-14(10(7-11)8-18)21-9-15(20)19-13-4-2-1-3-12(13)17/h1-7H,8-9,18H2,(H,19,20). The third-order valence-corrected chi connectivity index (χ3v) is 3.93. The number of ether oxygens (including phenoxy) is 1. The fourth-order valence-corrected chi connectivity index (χ4v) is 2.53. The first-order valence-electron chi connectivity index (χ1n) is 6.26. The summed E-state index contributed by atoms with van der Waals surface area (Å²) in [5, 5.41) is 2.78. The predicted octanol–water partition coefficient (Wildman–Crippen LogP) is 3.69. The maximum atomic E-state index is 11.9. The van der Waals surface area contributed by atoms with Gasteiger partial charge in [-0.3, -0.25) is 4.79 Å². The molecule has 1 amide bonds. The van der Waals surface area contributed by atoms with E-state index in [1.54, 1.807) is 6.07 Å². The molecular formula is C15H14Br2N2O2. The van der Waals surface area contributed by atoms with E-state index in [0.717, 1.165) is 14.5 Å². The molecule has 0 saturated carbocycles. The molecule has 0 aliphatic rings. The highest BCUT2D eigenvalue weighted by molar-refractivity contribution is 9.10. The largest absolute Gasteiger partial charge is 0.483 e. The zero-order valence-electron chi connectivity index (χ0n) is 11.1. The molecule has 110 valence electrons. The van der Waals surface area contributed by atoms with Gasteiger partial charge in [-0.15, -0.1) is 0 Å². The van der Waals surface area contributed by atoms with Crippen molar-refractivity contribution in [3.05, 3.63) is 57.0 Å². The number of carbonyl (C=O) groups excluding carboxylic acids is 1. The first-order chi connectivity index (χ1) is 10.1. The van der Waals surface area contributed by atoms with E-state index in [0.29, 0.717) is 18.0 Å². The zero-order chi connectivity index (χ0) is 15.2. The Morgan fingerprint density at radius 3 is 2.67 bits per heavy atom. The maximum Gasteiger partial charge on any atom is 0.262 e. The summed E-state index contributed by atoms with van der Waals surface area (Å²) < 4.78 is 7.28. The molecule has 0 radical (unpaired) electrons. The fourth-order valence-electron chi connectivity index (χ4n) is 1.74. The Labute approximate surface area is 139 Å². The molecular weight excluding hydrogens is 400 g/mol. The van der Waals surface area contributed by atoms with Crippen molar-refractivity contribution >= 4 is 43.5 Å². The quantitative estimate of drug-likeness (QED) is 0.785. The van der Waals surface area contributed by atoms with Crippen LogP contribution >= 0.6 is 31.9 Å². The maximum absolute atomic E-state index is 11.9. The molecule has 0 unspecified atom stereocenters. The smallest absolute Gasteiger partial charge is 0.262 e. The number of anilines is 1. The van der Waals surface area contributed by atoms with Gasteiger partial charge in [-0.25, -0.2) is 0 Å². The Kier molecular flexibility index (Phi) is 5.78. The van der Waals surface area contributed by atoms with Gasteiger partial charge in [0, 0.05) is 21.1 Å². The van der Waals surface area contributed by atoms with Gasteiger partial charge in [0.05, 0.1) is 5.69 Å². The van der Waals surface area contributed by atoms with Crippen LogP contribution in [-0.4, -0.2) is 12.5 Å². The van der Waals surface area contributed by atoms with Gasteiger partial charge in [0.2, 0.25) is 0 Å². The number of amides is 1. The number of nitrogens with two attached hydrogens (primary N) is 1. The van der Waals surface area contributed by atoms with E-state index in [1.165, 1.54) is 0 Å². The average Bonchev–Trinajstić information content (AvgIpc) is 2.48. The summed E-state index contributed by atoms with van der Waals surface area (Å²) in [7, 11) is 0. The molecule has 0 heterocycles. The van der Waals surface area contributed by atoms with Gasteiger partial charge in [0.1, 0.15) is 5.75 Å². The Balaban J connectivity index is 1.97. The molecule has 0 bridgehead atoms. The van der Waals surface area contributed by atoms with Crippen LogP contribution in [0, 0.1) is 0 Å². The Hall–Kier alpha value is -1.37. The topological polar surface area (TPSA) is 64.3 Å². The van der Waals surface area contributed by atoms with E-state index in [2.05, 4.69) is 37.2 Å². The monoisotopic (exact) mass is 412 g/mol. The van der Waals surface area contributed by atoms with Gasteiger partial charge in [0.15, 0.2) is 6.61 Å². The molecule has 0 fully saturated rings. The van der Waals surface area contributed by atoms with Gasteiger partial charge in [0.25, 0.3) is 5.91 Å². The number of benzene rings is 2. The van der Waals surface area contributed by atoms with Crippen molar-refractivity contribution < 1.29 is 9.53 Å². The second-order valence-electron chi connectivity index (χ2n) is 4.27. The molecule has 0 aliphatic carbocycles. The first kappa shape index (κ1) is 16.0. The van der Waals surface area contributed by atoms with Gasteiger partial charge in [-0.2, -0.15) is 0 Å². The van der Waals surface area contributed by atoms with E-state index < -0.39 is 0 Å². The molecule has 0 spiro atoms. The molecule has 0 saturated heterocycles. The second kappa shape index (κ2) is 7.59. The lowest BCUT2D eigenvalue weighted by Crippen LogP contribution is -2.21. The molecule has 2 rings (SSSR count). The molecule has 3 N–H and O–H groups in total. The Bertz CT molecular complexity index is 647. The minimum atomic E-state index is -0.229. The second-order valence-corrected chi connectivity index (χ2v) is 6.04. The fraction of sp³-hybridized carbons (Fsp3) is 0.133. The number of para-hydroxylation sites is 1. The molecule has 4 nitrogen and oxygen atoms in total. The molecule has 6 heteroatoms. The number of hydrogen-bond acceptors (Lipinski definition) is 3. The van der Waals surface area contributed by atoms with Crippen molar-refractivity contribution in [1.29, 1.82) is 0 Å². The lowest BCUT2D eigenvalue weighted by Gasteiger charge is -2.11. The summed E-state index contributed by atoms with van der Waals surface area (Å²) in [6.45, 7) is 0.274. The van der Waals surface area contributed by atoms with Crippen molar-refractivity contribution in [1.82, 2.24) is 0 Å². The molecule has 2 aromatic carbocycles. The van der Waals surface area contributed by atoms with Gasteiger partial charge < -0.3 is 15.8 Å². The minimum absolute atomic E-state index is 0.0734. The van der Waals surface area contributed by atoms with E-state index >= 15 is 0 Å². The van der Waals surface area contributed by atoms with Crippen molar-refractivity contribution in [2.75, 3.05) is 11.9 Å². The highest BCUT2D eigenvalue weighted by atomic mass is 79.9. The summed E-state index contributed by atoms with van der Waals surface area (Å²) in [6, 6.07) is 12.9. The number of halogens is 2. The molecule has 0 aliphatic heterocycles. The highest BCUT2D eigenvalue weighted by Crippen LogP contribution is 2.23. The summed E-state index contributed by atoms with van der Waals surface area (Å²) in [5.41, 5.74) is 7.22. The normalized spacial score (nSPS) is 10.2. The van der Waals surface area contributed by atoms with E-state index in [4.69, 9.17) is 10.5 Å². The van der Waals surface area contributed by atoms with Crippen molar-refractivity contribution in [2.45, 2.75) is 6.54 Å². The van der Waals surface area contributed by atoms with Crippen molar-refractivity contribution in [2.24, 2.45) is 5.73 Å². The van der Waals surface area contributed by atoms with E-state index in [-0.39, 0.29) is 12.5 Å². The highest BCUT2D eigenvalue weighted by Gasteiger charge is 2.08. The van der Waals surface area contributed by atoms with Crippen LogP contribution in [0.5, 0.6) is 5.75 Å². The van der Waals surface area contributed by atoms with Gasteiger partial charge in [-0.1, -0.05) is 28.1 Å². The molecule has 21 heavy (non-hydrogen) atoms. The Morgan fingerprint density at radius 1 is 1.19 bits per heavy atom. The Morgan fingerprint density at radius 2 is 1.95 bits per heavy atom. The molecule has 0 aromatic heterocycles. The third kappa shape index (κ3) is 4.56. The third-order valence-electron chi connectivity index (χ3n) is 2.75. The summed E-state index contributed by atoms with van der Waals surface area (Å²) in [6.07, 6.45) is 0. The number of carbonyl (C=O) groups is 1. The SMILES string of the molecule is NCc1cc(Br)ccc1OCC(=O)Nc1ccccc1Br. The van der Waals surface area contributed by atoms with Crippen LogP contribution in [0.25, 0.3) is 0 Å². The van der Waals surface area contributed by atoms with Crippen LogP contribution in [0.1, 0.15) is 5.56 Å². The zero-order valence-corrected chi connectivity index (χ0v) is 14.3. The first-order valence-corrected chi connectivity index (χ1v) is 7.84. The number of rotatable bonds is 5. The van der Waals surface area contributed by atoms with Crippen LogP contribution < -0.4 is 15.8 Å². The van der Waals surface area contributed by atoms with E-state index in [9.17, 15) is 4.79 Å². The number of hydrogen-bond donors (Lipinski definition) is 2. The lowest BCUT2D eigenvalue weighted by molar-refractivity contribution is -0.118. The van der Waals surface area contributed by atoms with Crippen LogP contribution in [0.15, 0.2) is 51.4 Å². The number of nitrogens with one attached hydrogen (secondary N) is 1. The summed E-state index contributed by atoms with van der Waals surface area (Å²) in [5.74, 6) is 0.385. The lowest BCUT2D eigenvalue weighted by atomic mass is 10.2.